The highest BCUT2D eigenvalue weighted by molar-refractivity contribution is 7.99. The van der Waals surface area contributed by atoms with Crippen molar-refractivity contribution in [1.82, 2.24) is 10.6 Å². The fraction of sp³-hybridized carbons (Fsp3) is 0.500. The van der Waals surface area contributed by atoms with Gasteiger partial charge in [0.2, 0.25) is 5.91 Å². The zero-order valence-corrected chi connectivity index (χ0v) is 12.0. The summed E-state index contributed by atoms with van der Waals surface area (Å²) in [7, 11) is 1.63. The predicted molar refractivity (Wildman–Crippen MR) is 77.4 cm³/mol. The van der Waals surface area contributed by atoms with Crippen molar-refractivity contribution >= 4 is 17.7 Å². The molecule has 0 spiro atoms. The van der Waals surface area contributed by atoms with E-state index in [-0.39, 0.29) is 11.9 Å². The Morgan fingerprint density at radius 2 is 2.32 bits per heavy atom. The molecule has 0 fully saturated rings. The third-order valence-electron chi connectivity index (χ3n) is 3.10. The topological polar surface area (TPSA) is 50.4 Å². The van der Waals surface area contributed by atoms with Gasteiger partial charge in [0.05, 0.1) is 13.2 Å². The summed E-state index contributed by atoms with van der Waals surface area (Å²) in [5.74, 6) is 1.12. The van der Waals surface area contributed by atoms with Crippen molar-refractivity contribution in [2.24, 2.45) is 0 Å². The van der Waals surface area contributed by atoms with E-state index in [1.165, 1.54) is 10.5 Å². The number of hydrogen-bond donors (Lipinski definition) is 2. The van der Waals surface area contributed by atoms with Crippen LogP contribution < -0.4 is 10.6 Å². The average molecular weight is 280 g/mol. The van der Waals surface area contributed by atoms with E-state index in [0.717, 1.165) is 12.2 Å². The lowest BCUT2D eigenvalue weighted by Crippen LogP contribution is -2.37. The summed E-state index contributed by atoms with van der Waals surface area (Å²) >= 11 is 1.89. The van der Waals surface area contributed by atoms with Gasteiger partial charge < -0.3 is 15.4 Å². The van der Waals surface area contributed by atoms with Crippen LogP contribution in [-0.2, 0) is 9.53 Å². The molecule has 5 heteroatoms. The van der Waals surface area contributed by atoms with Crippen LogP contribution in [0.4, 0.5) is 0 Å². The lowest BCUT2D eigenvalue weighted by Gasteiger charge is -2.25. The molecule has 2 rings (SSSR count). The van der Waals surface area contributed by atoms with Crippen molar-refractivity contribution in [2.75, 3.05) is 32.6 Å². The Kier molecular flexibility index (Phi) is 5.69. The van der Waals surface area contributed by atoms with E-state index in [9.17, 15) is 4.79 Å². The summed E-state index contributed by atoms with van der Waals surface area (Å²) in [6, 6.07) is 8.68. The highest BCUT2D eigenvalue weighted by Crippen LogP contribution is 2.35. The molecule has 0 saturated heterocycles. The van der Waals surface area contributed by atoms with Gasteiger partial charge in [-0.25, -0.2) is 0 Å². The Balaban J connectivity index is 1.82. The summed E-state index contributed by atoms with van der Waals surface area (Å²) in [6.07, 6.45) is 1.06. The van der Waals surface area contributed by atoms with E-state index >= 15 is 0 Å². The van der Waals surface area contributed by atoms with Crippen molar-refractivity contribution in [3.63, 3.8) is 0 Å². The molecule has 0 saturated carbocycles. The third kappa shape index (κ3) is 4.23. The van der Waals surface area contributed by atoms with E-state index < -0.39 is 0 Å². The summed E-state index contributed by atoms with van der Waals surface area (Å²) in [4.78, 5) is 13.0. The van der Waals surface area contributed by atoms with Crippen molar-refractivity contribution < 1.29 is 9.53 Å². The molecule has 1 heterocycles. The third-order valence-corrected chi connectivity index (χ3v) is 4.22. The van der Waals surface area contributed by atoms with Crippen LogP contribution >= 0.6 is 11.8 Å². The van der Waals surface area contributed by atoms with Crippen LogP contribution in [0.15, 0.2) is 29.2 Å². The highest BCUT2D eigenvalue weighted by Gasteiger charge is 2.20. The van der Waals surface area contributed by atoms with Gasteiger partial charge in [0.25, 0.3) is 0 Å². The fourth-order valence-electron chi connectivity index (χ4n) is 2.13. The van der Waals surface area contributed by atoms with Crippen LogP contribution in [-0.4, -0.2) is 38.5 Å². The zero-order valence-electron chi connectivity index (χ0n) is 11.1. The maximum atomic E-state index is 11.6. The first kappa shape index (κ1) is 14.4. The van der Waals surface area contributed by atoms with E-state index in [1.54, 1.807) is 7.11 Å². The van der Waals surface area contributed by atoms with Crippen molar-refractivity contribution in [3.05, 3.63) is 29.8 Å². The molecule has 2 N–H and O–H groups in total. The Morgan fingerprint density at radius 3 is 3.16 bits per heavy atom. The van der Waals surface area contributed by atoms with Gasteiger partial charge in [-0.15, -0.1) is 11.8 Å². The molecule has 0 bridgehead atoms. The quantitative estimate of drug-likeness (QED) is 0.777. The lowest BCUT2D eigenvalue weighted by molar-refractivity contribution is -0.120. The van der Waals surface area contributed by atoms with Gasteiger partial charge in [0.1, 0.15) is 0 Å². The van der Waals surface area contributed by atoms with Crippen LogP contribution in [0.5, 0.6) is 0 Å². The van der Waals surface area contributed by atoms with E-state index in [4.69, 9.17) is 4.74 Å². The summed E-state index contributed by atoms with van der Waals surface area (Å²) in [6.45, 7) is 1.47. The van der Waals surface area contributed by atoms with Gasteiger partial charge in [0, 0.05) is 24.6 Å². The molecule has 0 aliphatic carbocycles. The van der Waals surface area contributed by atoms with Crippen LogP contribution in [0.1, 0.15) is 18.0 Å². The van der Waals surface area contributed by atoms with Crippen LogP contribution in [0.2, 0.25) is 0 Å². The highest BCUT2D eigenvalue weighted by atomic mass is 32.2. The first-order chi connectivity index (χ1) is 9.31. The number of benzene rings is 1. The molecule has 4 nitrogen and oxygen atoms in total. The van der Waals surface area contributed by atoms with E-state index in [2.05, 4.69) is 34.9 Å². The van der Waals surface area contributed by atoms with Gasteiger partial charge >= 0.3 is 0 Å². The number of fused-ring (bicyclic) bond motifs is 1. The number of rotatable bonds is 6. The maximum absolute atomic E-state index is 11.6. The number of ether oxygens (including phenoxy) is 1. The second kappa shape index (κ2) is 7.53. The Morgan fingerprint density at radius 1 is 1.47 bits per heavy atom. The molecule has 1 aromatic rings. The zero-order chi connectivity index (χ0) is 13.5. The van der Waals surface area contributed by atoms with Gasteiger partial charge in [-0.3, -0.25) is 4.79 Å². The molecular weight excluding hydrogens is 260 g/mol. The minimum atomic E-state index is 0.0211. The maximum Gasteiger partial charge on any atom is 0.234 e. The molecule has 1 atom stereocenters. The molecule has 1 unspecified atom stereocenters. The standard InChI is InChI=1S/C14H20N2O2S/c1-18-8-7-15-14(17)10-16-12-6-9-19-13-5-3-2-4-11(12)13/h2-5,12,16H,6-10H2,1H3,(H,15,17). The number of hydrogen-bond acceptors (Lipinski definition) is 4. The second-order valence-corrected chi connectivity index (χ2v) is 5.59. The summed E-state index contributed by atoms with van der Waals surface area (Å²) in [5, 5.41) is 6.15. The van der Waals surface area contributed by atoms with Crippen molar-refractivity contribution in [1.29, 1.82) is 0 Å². The fourth-order valence-corrected chi connectivity index (χ4v) is 3.25. The second-order valence-electron chi connectivity index (χ2n) is 4.45. The first-order valence-electron chi connectivity index (χ1n) is 6.52. The first-order valence-corrected chi connectivity index (χ1v) is 7.50. The smallest absolute Gasteiger partial charge is 0.234 e. The lowest BCUT2D eigenvalue weighted by atomic mass is 10.0. The van der Waals surface area contributed by atoms with Crippen molar-refractivity contribution in [3.8, 4) is 0 Å². The Labute approximate surface area is 118 Å². The molecular formula is C14H20N2O2S. The SMILES string of the molecule is COCCNC(=O)CNC1CCSc2ccccc21. The molecule has 0 radical (unpaired) electrons. The normalized spacial score (nSPS) is 17.8. The largest absolute Gasteiger partial charge is 0.383 e. The monoisotopic (exact) mass is 280 g/mol. The number of carbonyl (C=O) groups is 1. The minimum absolute atomic E-state index is 0.0211. The number of nitrogens with one attached hydrogen (secondary N) is 2. The van der Waals surface area contributed by atoms with E-state index in [0.29, 0.717) is 19.7 Å². The Hall–Kier alpha value is -1.04. The van der Waals surface area contributed by atoms with E-state index in [1.807, 2.05) is 11.8 Å². The predicted octanol–water partition coefficient (Wildman–Crippen LogP) is 1.58. The molecule has 1 aliphatic heterocycles. The number of carbonyl (C=O) groups excluding carboxylic acids is 1. The molecule has 1 aliphatic rings. The van der Waals surface area contributed by atoms with Crippen molar-refractivity contribution in [2.45, 2.75) is 17.4 Å². The van der Waals surface area contributed by atoms with Gasteiger partial charge in [-0.1, -0.05) is 18.2 Å². The summed E-state index contributed by atoms with van der Waals surface area (Å²) in [5.41, 5.74) is 1.31. The molecule has 1 amide bonds. The number of methoxy groups -OCH3 is 1. The molecule has 19 heavy (non-hydrogen) atoms. The summed E-state index contributed by atoms with van der Waals surface area (Å²) < 4.78 is 4.90. The molecule has 1 aromatic carbocycles. The van der Waals surface area contributed by atoms with Gasteiger partial charge in [0.15, 0.2) is 0 Å². The Bertz CT molecular complexity index is 426. The average Bonchev–Trinajstić information content (AvgIpc) is 2.45. The van der Waals surface area contributed by atoms with Gasteiger partial charge in [-0.2, -0.15) is 0 Å². The van der Waals surface area contributed by atoms with Gasteiger partial charge in [-0.05, 0) is 23.8 Å². The number of thioether (sulfide) groups is 1. The van der Waals surface area contributed by atoms with Crippen LogP contribution in [0, 0.1) is 0 Å². The molecule has 104 valence electrons. The number of amides is 1. The molecule has 0 aromatic heterocycles. The minimum Gasteiger partial charge on any atom is -0.383 e. The van der Waals surface area contributed by atoms with Crippen LogP contribution in [0.3, 0.4) is 0 Å². The van der Waals surface area contributed by atoms with Crippen LogP contribution in [0.25, 0.3) is 0 Å².